The standard InChI is InChI=1S/C13H27N3O5/c1-15-6-7-20-8-9-21-10-12(17)16-11(13(18)19)4-2-3-5-14/h11,15H,2-10,14H2,1H3,(H,16,17)(H,18,19). The number of carbonyl (C=O) groups is 2. The highest BCUT2D eigenvalue weighted by Gasteiger charge is 2.19. The molecule has 8 heteroatoms. The first-order valence-corrected chi connectivity index (χ1v) is 7.14. The van der Waals surface area contributed by atoms with E-state index in [0.29, 0.717) is 39.2 Å². The third kappa shape index (κ3) is 12.2. The number of hydrogen-bond acceptors (Lipinski definition) is 6. The second kappa shape index (κ2) is 13.7. The molecule has 0 heterocycles. The summed E-state index contributed by atoms with van der Waals surface area (Å²) in [5.74, 6) is -1.49. The van der Waals surface area contributed by atoms with E-state index in [0.717, 1.165) is 13.0 Å². The zero-order valence-corrected chi connectivity index (χ0v) is 12.6. The van der Waals surface area contributed by atoms with Gasteiger partial charge >= 0.3 is 5.97 Å². The maximum absolute atomic E-state index is 11.6. The zero-order chi connectivity index (χ0) is 15.9. The average molecular weight is 305 g/mol. The third-order valence-corrected chi connectivity index (χ3v) is 2.68. The van der Waals surface area contributed by atoms with Gasteiger partial charge in [0.2, 0.25) is 5.91 Å². The number of nitrogens with two attached hydrogens (primary N) is 1. The molecule has 0 aromatic carbocycles. The number of likely N-dealkylation sites (N-methyl/N-ethyl adjacent to an activating group) is 1. The molecule has 0 aliphatic carbocycles. The first kappa shape index (κ1) is 19.8. The summed E-state index contributed by atoms with van der Waals surface area (Å²) in [5, 5.41) is 14.4. The molecule has 0 fully saturated rings. The van der Waals surface area contributed by atoms with Gasteiger partial charge in [0.15, 0.2) is 0 Å². The Morgan fingerprint density at radius 2 is 1.90 bits per heavy atom. The Morgan fingerprint density at radius 3 is 2.52 bits per heavy atom. The summed E-state index contributed by atoms with van der Waals surface area (Å²) in [5.41, 5.74) is 5.35. The molecule has 5 N–H and O–H groups in total. The van der Waals surface area contributed by atoms with Crippen molar-refractivity contribution >= 4 is 11.9 Å². The number of aliphatic carboxylic acids is 1. The molecule has 0 aliphatic rings. The SMILES string of the molecule is CNCCOCCOCC(=O)NC(CCCCN)C(=O)O. The first-order chi connectivity index (χ1) is 10.1. The van der Waals surface area contributed by atoms with Crippen LogP contribution >= 0.6 is 0 Å². The van der Waals surface area contributed by atoms with Gasteiger partial charge in [-0.05, 0) is 32.9 Å². The lowest BCUT2D eigenvalue weighted by molar-refractivity contribution is -0.142. The van der Waals surface area contributed by atoms with Crippen LogP contribution in [0, 0.1) is 0 Å². The van der Waals surface area contributed by atoms with Crippen molar-refractivity contribution in [3.63, 3.8) is 0 Å². The van der Waals surface area contributed by atoms with Crippen LogP contribution in [0.5, 0.6) is 0 Å². The van der Waals surface area contributed by atoms with Crippen LogP contribution in [-0.4, -0.2) is 69.6 Å². The van der Waals surface area contributed by atoms with Gasteiger partial charge in [-0.15, -0.1) is 0 Å². The van der Waals surface area contributed by atoms with Crippen LogP contribution in [0.15, 0.2) is 0 Å². The van der Waals surface area contributed by atoms with Crippen molar-refractivity contribution in [2.45, 2.75) is 25.3 Å². The first-order valence-electron chi connectivity index (χ1n) is 7.14. The van der Waals surface area contributed by atoms with Gasteiger partial charge in [-0.1, -0.05) is 0 Å². The minimum Gasteiger partial charge on any atom is -0.480 e. The van der Waals surface area contributed by atoms with Crippen LogP contribution in [0.3, 0.4) is 0 Å². The lowest BCUT2D eigenvalue weighted by Gasteiger charge is -2.14. The van der Waals surface area contributed by atoms with Crippen LogP contribution in [0.4, 0.5) is 0 Å². The van der Waals surface area contributed by atoms with Crippen molar-refractivity contribution in [2.24, 2.45) is 5.73 Å². The van der Waals surface area contributed by atoms with Crippen LogP contribution in [0.25, 0.3) is 0 Å². The molecular formula is C13H27N3O5. The predicted molar refractivity (Wildman–Crippen MR) is 78.0 cm³/mol. The minimum absolute atomic E-state index is 0.171. The van der Waals surface area contributed by atoms with Crippen LogP contribution in [-0.2, 0) is 19.1 Å². The topological polar surface area (TPSA) is 123 Å². The Morgan fingerprint density at radius 1 is 1.19 bits per heavy atom. The van der Waals surface area contributed by atoms with Crippen molar-refractivity contribution in [3.05, 3.63) is 0 Å². The van der Waals surface area contributed by atoms with Crippen LogP contribution in [0.1, 0.15) is 19.3 Å². The number of ether oxygens (including phenoxy) is 2. The molecule has 8 nitrogen and oxygen atoms in total. The van der Waals surface area contributed by atoms with Crippen LogP contribution < -0.4 is 16.4 Å². The summed E-state index contributed by atoms with van der Waals surface area (Å²) in [6, 6.07) is -0.889. The van der Waals surface area contributed by atoms with Crippen molar-refractivity contribution in [2.75, 3.05) is 46.6 Å². The Bertz CT molecular complexity index is 289. The van der Waals surface area contributed by atoms with E-state index in [2.05, 4.69) is 10.6 Å². The summed E-state index contributed by atoms with van der Waals surface area (Å²) < 4.78 is 10.3. The predicted octanol–water partition coefficient (Wildman–Crippen LogP) is -1.06. The number of carbonyl (C=O) groups excluding carboxylic acids is 1. The summed E-state index contributed by atoms with van der Waals surface area (Å²) in [4.78, 5) is 22.5. The minimum atomic E-state index is -1.05. The molecule has 0 bridgehead atoms. The number of carboxylic acids is 1. The highest BCUT2D eigenvalue weighted by molar-refractivity contribution is 5.84. The zero-order valence-electron chi connectivity index (χ0n) is 12.6. The highest BCUT2D eigenvalue weighted by Crippen LogP contribution is 2.00. The molecule has 0 aromatic rings. The van der Waals surface area contributed by atoms with E-state index >= 15 is 0 Å². The highest BCUT2D eigenvalue weighted by atomic mass is 16.5. The molecule has 124 valence electrons. The van der Waals surface area contributed by atoms with Gasteiger partial charge in [0.25, 0.3) is 0 Å². The normalized spacial score (nSPS) is 12.1. The molecule has 0 radical (unpaired) electrons. The quantitative estimate of drug-likeness (QED) is 0.302. The van der Waals surface area contributed by atoms with Crippen molar-refractivity contribution in [1.82, 2.24) is 10.6 Å². The van der Waals surface area contributed by atoms with E-state index in [4.69, 9.17) is 20.3 Å². The number of carboxylic acid groups (broad SMARTS) is 1. The van der Waals surface area contributed by atoms with E-state index in [-0.39, 0.29) is 6.61 Å². The molecule has 0 rings (SSSR count). The maximum Gasteiger partial charge on any atom is 0.326 e. The second-order valence-corrected chi connectivity index (χ2v) is 4.51. The largest absolute Gasteiger partial charge is 0.480 e. The lowest BCUT2D eigenvalue weighted by Crippen LogP contribution is -2.42. The molecule has 0 aliphatic heterocycles. The van der Waals surface area contributed by atoms with Gasteiger partial charge in [-0.25, -0.2) is 4.79 Å². The molecule has 0 saturated carbocycles. The monoisotopic (exact) mass is 305 g/mol. The number of unbranched alkanes of at least 4 members (excludes halogenated alkanes) is 1. The summed E-state index contributed by atoms with van der Waals surface area (Å²) in [6.07, 6.45) is 1.76. The summed E-state index contributed by atoms with van der Waals surface area (Å²) in [7, 11) is 1.83. The fourth-order valence-corrected chi connectivity index (χ4v) is 1.55. The van der Waals surface area contributed by atoms with Gasteiger partial charge in [0, 0.05) is 6.54 Å². The Hall–Kier alpha value is -1.22. The van der Waals surface area contributed by atoms with E-state index in [1.807, 2.05) is 7.05 Å². The summed E-state index contributed by atoms with van der Waals surface area (Å²) >= 11 is 0. The second-order valence-electron chi connectivity index (χ2n) is 4.51. The Kier molecular flexibility index (Phi) is 13.0. The Balaban J connectivity index is 3.70. The number of nitrogens with one attached hydrogen (secondary N) is 2. The molecular weight excluding hydrogens is 278 g/mol. The molecule has 1 unspecified atom stereocenters. The average Bonchev–Trinajstić information content (AvgIpc) is 2.45. The van der Waals surface area contributed by atoms with Crippen molar-refractivity contribution in [3.8, 4) is 0 Å². The van der Waals surface area contributed by atoms with E-state index in [9.17, 15) is 9.59 Å². The number of hydrogen-bond donors (Lipinski definition) is 4. The fourth-order valence-electron chi connectivity index (χ4n) is 1.55. The number of rotatable bonds is 14. The van der Waals surface area contributed by atoms with E-state index in [1.54, 1.807) is 0 Å². The third-order valence-electron chi connectivity index (χ3n) is 2.68. The number of amides is 1. The molecule has 0 spiro atoms. The van der Waals surface area contributed by atoms with Gasteiger partial charge in [0.1, 0.15) is 12.6 Å². The molecule has 0 saturated heterocycles. The van der Waals surface area contributed by atoms with Crippen LogP contribution in [0.2, 0.25) is 0 Å². The van der Waals surface area contributed by atoms with Gasteiger partial charge < -0.3 is 30.9 Å². The molecule has 21 heavy (non-hydrogen) atoms. The molecule has 1 atom stereocenters. The lowest BCUT2D eigenvalue weighted by atomic mass is 10.1. The van der Waals surface area contributed by atoms with E-state index < -0.39 is 17.9 Å². The Labute approximate surface area is 125 Å². The fraction of sp³-hybridized carbons (Fsp3) is 0.846. The van der Waals surface area contributed by atoms with Crippen molar-refractivity contribution in [1.29, 1.82) is 0 Å². The maximum atomic E-state index is 11.6. The molecule has 1 amide bonds. The van der Waals surface area contributed by atoms with Crippen molar-refractivity contribution < 1.29 is 24.2 Å². The van der Waals surface area contributed by atoms with Gasteiger partial charge in [-0.2, -0.15) is 0 Å². The van der Waals surface area contributed by atoms with E-state index in [1.165, 1.54) is 0 Å². The smallest absolute Gasteiger partial charge is 0.326 e. The van der Waals surface area contributed by atoms with Gasteiger partial charge in [-0.3, -0.25) is 4.79 Å². The molecule has 0 aromatic heterocycles. The van der Waals surface area contributed by atoms with Gasteiger partial charge in [0.05, 0.1) is 19.8 Å². The summed E-state index contributed by atoms with van der Waals surface area (Å²) in [6.45, 7) is 2.36.